The lowest BCUT2D eigenvalue weighted by atomic mass is 10.2. The molecular weight excluding hydrogens is 196 g/mol. The minimum atomic E-state index is -0.564. The Morgan fingerprint density at radius 1 is 1.53 bits per heavy atom. The molecule has 1 heterocycles. The van der Waals surface area contributed by atoms with E-state index in [1.807, 2.05) is 0 Å². The molecule has 15 heavy (non-hydrogen) atoms. The first-order valence-electron chi connectivity index (χ1n) is 5.09. The van der Waals surface area contributed by atoms with Gasteiger partial charge in [-0.15, -0.1) is 0 Å². The summed E-state index contributed by atoms with van der Waals surface area (Å²) < 4.78 is 5.13. The van der Waals surface area contributed by atoms with E-state index >= 15 is 0 Å². The largest absolute Gasteiger partial charge is 0.443 e. The maximum atomic E-state index is 11.6. The topological polar surface area (TPSA) is 58.6 Å². The van der Waals surface area contributed by atoms with Gasteiger partial charge in [0, 0.05) is 13.1 Å². The predicted octanol–water partition coefficient (Wildman–Crippen LogP) is 0.742. The highest BCUT2D eigenvalue weighted by molar-refractivity contribution is 5.95. The average Bonchev–Trinajstić information content (AvgIpc) is 2.06. The summed E-state index contributed by atoms with van der Waals surface area (Å²) in [5, 5.41) is 2.98. The second-order valence-electron chi connectivity index (χ2n) is 4.65. The van der Waals surface area contributed by atoms with Gasteiger partial charge in [0.05, 0.1) is 6.04 Å². The molecule has 1 atom stereocenters. The number of carbonyl (C=O) groups excluding carboxylic acids is 2. The van der Waals surface area contributed by atoms with E-state index in [0.29, 0.717) is 13.1 Å². The molecule has 2 amide bonds. The van der Waals surface area contributed by atoms with Gasteiger partial charge in [-0.3, -0.25) is 4.79 Å². The first-order chi connectivity index (χ1) is 6.81. The lowest BCUT2D eigenvalue weighted by molar-refractivity contribution is -0.134. The Bertz CT molecular complexity index is 270. The van der Waals surface area contributed by atoms with Gasteiger partial charge >= 0.3 is 6.09 Å². The fraction of sp³-hybridized carbons (Fsp3) is 0.800. The van der Waals surface area contributed by atoms with E-state index < -0.39 is 11.7 Å². The smallest absolute Gasteiger partial charge is 0.417 e. The Morgan fingerprint density at radius 3 is 2.67 bits per heavy atom. The van der Waals surface area contributed by atoms with Gasteiger partial charge in [0.15, 0.2) is 0 Å². The molecule has 1 aliphatic rings. The quantitative estimate of drug-likeness (QED) is 0.646. The van der Waals surface area contributed by atoms with Gasteiger partial charge in [-0.25, -0.2) is 9.69 Å². The number of nitrogens with one attached hydrogen (secondary N) is 1. The van der Waals surface area contributed by atoms with E-state index in [4.69, 9.17) is 4.74 Å². The van der Waals surface area contributed by atoms with Crippen molar-refractivity contribution in [3.63, 3.8) is 0 Å². The molecule has 1 N–H and O–H groups in total. The van der Waals surface area contributed by atoms with Crippen molar-refractivity contribution in [3.8, 4) is 0 Å². The summed E-state index contributed by atoms with van der Waals surface area (Å²) in [6.07, 6.45) is -0.555. The highest BCUT2D eigenvalue weighted by Gasteiger charge is 2.32. The van der Waals surface area contributed by atoms with Gasteiger partial charge in [-0.2, -0.15) is 0 Å². The van der Waals surface area contributed by atoms with Crippen LogP contribution in [0.15, 0.2) is 0 Å². The molecule has 0 saturated carbocycles. The SMILES string of the molecule is CC1NCCN(C(=O)OC(C)(C)C)C1=O. The van der Waals surface area contributed by atoms with Crippen LogP contribution < -0.4 is 5.32 Å². The summed E-state index contributed by atoms with van der Waals surface area (Å²) in [5.74, 6) is -0.226. The Labute approximate surface area is 89.8 Å². The van der Waals surface area contributed by atoms with Crippen molar-refractivity contribution >= 4 is 12.0 Å². The van der Waals surface area contributed by atoms with Crippen LogP contribution in [0.2, 0.25) is 0 Å². The van der Waals surface area contributed by atoms with E-state index in [0.717, 1.165) is 4.90 Å². The molecule has 0 radical (unpaired) electrons. The molecular formula is C10H18N2O3. The minimum Gasteiger partial charge on any atom is -0.443 e. The monoisotopic (exact) mass is 214 g/mol. The van der Waals surface area contributed by atoms with Crippen LogP contribution in [0.1, 0.15) is 27.7 Å². The summed E-state index contributed by atoms with van der Waals surface area (Å²) >= 11 is 0. The molecule has 1 saturated heterocycles. The van der Waals surface area contributed by atoms with Crippen LogP contribution in [0, 0.1) is 0 Å². The highest BCUT2D eigenvalue weighted by atomic mass is 16.6. The predicted molar refractivity (Wildman–Crippen MR) is 55.4 cm³/mol. The third kappa shape index (κ3) is 3.20. The zero-order valence-electron chi connectivity index (χ0n) is 9.66. The van der Waals surface area contributed by atoms with Crippen molar-refractivity contribution in [1.82, 2.24) is 10.2 Å². The molecule has 1 aliphatic heterocycles. The van der Waals surface area contributed by atoms with E-state index in [-0.39, 0.29) is 11.9 Å². The third-order valence-corrected chi connectivity index (χ3v) is 2.04. The lowest BCUT2D eigenvalue weighted by Crippen LogP contribution is -2.56. The zero-order chi connectivity index (χ0) is 11.6. The van der Waals surface area contributed by atoms with Gasteiger partial charge in [-0.05, 0) is 27.7 Å². The number of piperazine rings is 1. The second kappa shape index (κ2) is 4.18. The Hall–Kier alpha value is -1.10. The molecule has 1 rings (SSSR count). The van der Waals surface area contributed by atoms with Crippen LogP contribution in [-0.4, -0.2) is 41.6 Å². The van der Waals surface area contributed by atoms with Crippen molar-refractivity contribution in [2.75, 3.05) is 13.1 Å². The number of hydrogen-bond donors (Lipinski definition) is 1. The molecule has 0 aromatic carbocycles. The molecule has 0 spiro atoms. The highest BCUT2D eigenvalue weighted by Crippen LogP contribution is 2.11. The Kier molecular flexibility index (Phi) is 3.34. The first kappa shape index (κ1) is 12.0. The lowest BCUT2D eigenvalue weighted by Gasteiger charge is -2.31. The van der Waals surface area contributed by atoms with Gasteiger partial charge in [0.25, 0.3) is 0 Å². The second-order valence-corrected chi connectivity index (χ2v) is 4.65. The summed E-state index contributed by atoms with van der Waals surface area (Å²) in [7, 11) is 0. The number of ether oxygens (including phenoxy) is 1. The summed E-state index contributed by atoms with van der Waals surface area (Å²) in [6, 6.07) is -0.314. The van der Waals surface area contributed by atoms with E-state index in [1.54, 1.807) is 27.7 Å². The summed E-state index contributed by atoms with van der Waals surface area (Å²) in [6.45, 7) is 8.06. The third-order valence-electron chi connectivity index (χ3n) is 2.04. The minimum absolute atomic E-state index is 0.226. The molecule has 5 heteroatoms. The van der Waals surface area contributed by atoms with Crippen LogP contribution >= 0.6 is 0 Å². The van der Waals surface area contributed by atoms with Gasteiger partial charge in [-0.1, -0.05) is 0 Å². The van der Waals surface area contributed by atoms with Crippen molar-refractivity contribution in [3.05, 3.63) is 0 Å². The van der Waals surface area contributed by atoms with Gasteiger partial charge < -0.3 is 10.1 Å². The fourth-order valence-corrected chi connectivity index (χ4v) is 1.32. The number of amides is 2. The number of rotatable bonds is 0. The van der Waals surface area contributed by atoms with E-state index in [9.17, 15) is 9.59 Å². The fourth-order valence-electron chi connectivity index (χ4n) is 1.32. The molecule has 86 valence electrons. The van der Waals surface area contributed by atoms with Crippen LogP contribution in [0.3, 0.4) is 0 Å². The van der Waals surface area contributed by atoms with Gasteiger partial charge in [0.2, 0.25) is 5.91 Å². The normalized spacial score (nSPS) is 22.8. The summed E-state index contributed by atoms with van der Waals surface area (Å²) in [5.41, 5.74) is -0.564. The number of carbonyl (C=O) groups is 2. The molecule has 1 fully saturated rings. The Morgan fingerprint density at radius 2 is 2.13 bits per heavy atom. The number of hydrogen-bond acceptors (Lipinski definition) is 4. The van der Waals surface area contributed by atoms with Crippen molar-refractivity contribution in [1.29, 1.82) is 0 Å². The summed E-state index contributed by atoms with van der Waals surface area (Å²) in [4.78, 5) is 24.4. The molecule has 0 aromatic rings. The van der Waals surface area contributed by atoms with Crippen LogP contribution in [0.4, 0.5) is 4.79 Å². The van der Waals surface area contributed by atoms with Gasteiger partial charge in [0.1, 0.15) is 5.60 Å². The van der Waals surface area contributed by atoms with E-state index in [1.165, 1.54) is 0 Å². The van der Waals surface area contributed by atoms with Crippen LogP contribution in [-0.2, 0) is 9.53 Å². The molecule has 0 aromatic heterocycles. The number of imide groups is 1. The maximum absolute atomic E-state index is 11.6. The average molecular weight is 214 g/mol. The van der Waals surface area contributed by atoms with Crippen molar-refractivity contribution in [2.45, 2.75) is 39.3 Å². The molecule has 0 aliphatic carbocycles. The molecule has 5 nitrogen and oxygen atoms in total. The van der Waals surface area contributed by atoms with Crippen molar-refractivity contribution < 1.29 is 14.3 Å². The first-order valence-corrected chi connectivity index (χ1v) is 5.09. The maximum Gasteiger partial charge on any atom is 0.417 e. The number of nitrogens with zero attached hydrogens (tertiary/aromatic N) is 1. The molecule has 0 bridgehead atoms. The van der Waals surface area contributed by atoms with Crippen molar-refractivity contribution in [2.24, 2.45) is 0 Å². The van der Waals surface area contributed by atoms with Crippen LogP contribution in [0.5, 0.6) is 0 Å². The van der Waals surface area contributed by atoms with Crippen LogP contribution in [0.25, 0.3) is 0 Å². The molecule has 1 unspecified atom stereocenters. The standard InChI is InChI=1S/C10H18N2O3/c1-7-8(13)12(6-5-11-7)9(14)15-10(2,3)4/h7,11H,5-6H2,1-4H3. The van der Waals surface area contributed by atoms with E-state index in [2.05, 4.69) is 5.32 Å². The zero-order valence-corrected chi connectivity index (χ0v) is 9.66. The Balaban J connectivity index is 2.63.